The number of aromatic amines is 1. The molecule has 1 aromatic heterocycles. The second-order valence-electron chi connectivity index (χ2n) is 9.18. The van der Waals surface area contributed by atoms with Crippen LogP contribution in [0, 0.1) is 16.7 Å². The van der Waals surface area contributed by atoms with Crippen molar-refractivity contribution in [2.75, 3.05) is 5.32 Å². The number of halogens is 2. The molecule has 0 unspecified atom stereocenters. The fourth-order valence-corrected chi connectivity index (χ4v) is 4.50. The second kappa shape index (κ2) is 10.4. The summed E-state index contributed by atoms with van der Waals surface area (Å²) >= 11 is 9.82. The summed E-state index contributed by atoms with van der Waals surface area (Å²) in [7, 11) is 0. The van der Waals surface area contributed by atoms with Gasteiger partial charge in [-0.3, -0.25) is 9.59 Å². The third-order valence-electron chi connectivity index (χ3n) is 6.49. The fraction of sp³-hybridized carbons (Fsp3) is 0.214. The van der Waals surface area contributed by atoms with E-state index in [1.54, 1.807) is 12.1 Å². The predicted molar refractivity (Wildman–Crippen MR) is 147 cm³/mol. The van der Waals surface area contributed by atoms with Crippen molar-refractivity contribution >= 4 is 61.9 Å². The Kier molecular flexibility index (Phi) is 7.00. The van der Waals surface area contributed by atoms with Crippen LogP contribution in [0.5, 0.6) is 0 Å². The van der Waals surface area contributed by atoms with Gasteiger partial charge < -0.3 is 15.6 Å². The maximum Gasteiger partial charge on any atom is 0.240 e. The highest BCUT2D eigenvalue weighted by Gasteiger charge is 2.50. The Morgan fingerprint density at radius 2 is 1.84 bits per heavy atom. The first-order chi connectivity index (χ1) is 17.8. The number of ketones is 1. The number of nitriles is 1. The van der Waals surface area contributed by atoms with Crippen LogP contribution in [-0.4, -0.2) is 21.7 Å². The summed E-state index contributed by atoms with van der Waals surface area (Å²) in [6.07, 6.45) is 2.30. The summed E-state index contributed by atoms with van der Waals surface area (Å²) in [4.78, 5) is 32.8. The van der Waals surface area contributed by atoms with E-state index >= 15 is 0 Å². The summed E-state index contributed by atoms with van der Waals surface area (Å²) in [6.45, 7) is 0.292. The zero-order valence-electron chi connectivity index (χ0n) is 19.8. The van der Waals surface area contributed by atoms with Crippen molar-refractivity contribution in [2.24, 2.45) is 5.41 Å². The number of H-pyrrole nitrogens is 1. The average molecular weight is 577 g/mol. The highest BCUT2D eigenvalue weighted by Crippen LogP contribution is 2.45. The standard InChI is InChI=1S/C28H23BrClN5O2/c29-20-6-1-17(2-7-20)4-10-25(36)19-5-9-22-24(14-19)35-27(33-22)34-23-13-18(3-8-21(23)30)15-32-26(37)28(16-31)11-12-28/h1-3,5-9,13-14H,4,10-12,15H2,(H,32,37)(H2,33,34,35). The van der Waals surface area contributed by atoms with Gasteiger partial charge in [0.25, 0.3) is 0 Å². The van der Waals surface area contributed by atoms with E-state index in [-0.39, 0.29) is 11.7 Å². The molecule has 186 valence electrons. The molecule has 1 amide bonds. The average Bonchev–Trinajstić information content (AvgIpc) is 3.61. The molecule has 3 aromatic carbocycles. The number of benzene rings is 3. The van der Waals surface area contributed by atoms with Gasteiger partial charge >= 0.3 is 0 Å². The Morgan fingerprint density at radius 1 is 1.08 bits per heavy atom. The second-order valence-corrected chi connectivity index (χ2v) is 10.5. The number of carbonyl (C=O) groups is 2. The molecule has 7 nitrogen and oxygen atoms in total. The number of carbonyl (C=O) groups excluding carboxylic acids is 2. The van der Waals surface area contributed by atoms with Crippen LogP contribution in [0.3, 0.4) is 0 Å². The van der Waals surface area contributed by atoms with E-state index in [0.29, 0.717) is 54.4 Å². The molecule has 1 heterocycles. The van der Waals surface area contributed by atoms with E-state index in [1.807, 2.05) is 48.5 Å². The molecule has 4 aromatic rings. The van der Waals surface area contributed by atoms with E-state index in [0.717, 1.165) is 26.6 Å². The number of amides is 1. The largest absolute Gasteiger partial charge is 0.351 e. The molecule has 0 saturated heterocycles. The Bertz CT molecular complexity index is 1540. The minimum absolute atomic E-state index is 0.0658. The van der Waals surface area contributed by atoms with Crippen LogP contribution in [0.1, 0.15) is 40.7 Å². The molecule has 1 saturated carbocycles. The fourth-order valence-electron chi connectivity index (χ4n) is 4.07. The number of Topliss-reactive ketones (excluding diaryl/α,β-unsaturated/α-hetero) is 1. The Labute approximate surface area is 227 Å². The lowest BCUT2D eigenvalue weighted by atomic mass is 10.0. The first kappa shape index (κ1) is 25.0. The number of hydrogen-bond acceptors (Lipinski definition) is 5. The Morgan fingerprint density at radius 3 is 2.57 bits per heavy atom. The van der Waals surface area contributed by atoms with Crippen molar-refractivity contribution in [3.8, 4) is 6.07 Å². The van der Waals surface area contributed by atoms with Gasteiger partial charge in [-0.25, -0.2) is 4.98 Å². The number of fused-ring (bicyclic) bond motifs is 1. The van der Waals surface area contributed by atoms with Crippen molar-refractivity contribution < 1.29 is 9.59 Å². The maximum atomic E-state index is 12.8. The molecule has 5 rings (SSSR count). The van der Waals surface area contributed by atoms with Crippen LogP contribution < -0.4 is 10.6 Å². The zero-order valence-corrected chi connectivity index (χ0v) is 22.1. The third kappa shape index (κ3) is 5.68. The molecular weight excluding hydrogens is 554 g/mol. The molecule has 3 N–H and O–H groups in total. The quantitative estimate of drug-likeness (QED) is 0.198. The molecule has 0 bridgehead atoms. The summed E-state index contributed by atoms with van der Waals surface area (Å²) in [5.41, 5.74) is 3.80. The van der Waals surface area contributed by atoms with Crippen molar-refractivity contribution in [3.05, 3.63) is 86.8 Å². The zero-order chi connectivity index (χ0) is 26.0. The smallest absolute Gasteiger partial charge is 0.240 e. The SMILES string of the molecule is N#CC1(C(=O)NCc2ccc(Cl)c(Nc3nc4ccc(C(=O)CCc5ccc(Br)cc5)cc4[nH]3)c2)CC1. The number of aryl methyl sites for hydroxylation is 1. The molecule has 0 radical (unpaired) electrons. The molecule has 0 aliphatic heterocycles. The van der Waals surface area contributed by atoms with Crippen LogP contribution in [0.4, 0.5) is 11.6 Å². The van der Waals surface area contributed by atoms with Crippen molar-refractivity contribution in [3.63, 3.8) is 0 Å². The number of nitrogens with zero attached hydrogens (tertiary/aromatic N) is 2. The van der Waals surface area contributed by atoms with Gasteiger partial charge in [-0.2, -0.15) is 5.26 Å². The van der Waals surface area contributed by atoms with E-state index in [9.17, 15) is 14.9 Å². The monoisotopic (exact) mass is 575 g/mol. The molecular formula is C28H23BrClN5O2. The van der Waals surface area contributed by atoms with E-state index in [4.69, 9.17) is 11.6 Å². The lowest BCUT2D eigenvalue weighted by molar-refractivity contribution is -0.124. The van der Waals surface area contributed by atoms with Crippen LogP contribution >= 0.6 is 27.5 Å². The lowest BCUT2D eigenvalue weighted by Crippen LogP contribution is -2.30. The molecule has 1 aliphatic rings. The Hall–Kier alpha value is -3.67. The summed E-state index contributed by atoms with van der Waals surface area (Å²) in [5, 5.41) is 15.7. The first-order valence-corrected chi connectivity index (χ1v) is 13.0. The van der Waals surface area contributed by atoms with E-state index in [2.05, 4.69) is 42.6 Å². The van der Waals surface area contributed by atoms with Crippen molar-refractivity contribution in [2.45, 2.75) is 32.2 Å². The van der Waals surface area contributed by atoms with Gasteiger partial charge in [0.2, 0.25) is 11.9 Å². The third-order valence-corrected chi connectivity index (χ3v) is 7.35. The van der Waals surface area contributed by atoms with Crippen LogP contribution in [0.2, 0.25) is 5.02 Å². The first-order valence-electron chi connectivity index (χ1n) is 11.9. The summed E-state index contributed by atoms with van der Waals surface area (Å²) in [6, 6.07) is 20.9. The molecule has 1 fully saturated rings. The summed E-state index contributed by atoms with van der Waals surface area (Å²) < 4.78 is 1.01. The summed E-state index contributed by atoms with van der Waals surface area (Å²) in [5.74, 6) is 0.314. The number of anilines is 2. The molecule has 0 atom stereocenters. The molecule has 1 aliphatic carbocycles. The highest BCUT2D eigenvalue weighted by atomic mass is 79.9. The van der Waals surface area contributed by atoms with Crippen LogP contribution in [0.25, 0.3) is 11.0 Å². The van der Waals surface area contributed by atoms with Crippen LogP contribution in [-0.2, 0) is 17.8 Å². The number of hydrogen-bond donors (Lipinski definition) is 3. The van der Waals surface area contributed by atoms with E-state index in [1.165, 1.54) is 0 Å². The van der Waals surface area contributed by atoms with Gasteiger partial charge in [-0.05, 0) is 72.9 Å². The topological polar surface area (TPSA) is 111 Å². The van der Waals surface area contributed by atoms with Gasteiger partial charge in [-0.15, -0.1) is 0 Å². The minimum Gasteiger partial charge on any atom is -0.351 e. The van der Waals surface area contributed by atoms with Gasteiger partial charge in [0.05, 0.1) is 27.8 Å². The molecule has 0 spiro atoms. The van der Waals surface area contributed by atoms with Gasteiger partial charge in [0.15, 0.2) is 5.78 Å². The van der Waals surface area contributed by atoms with E-state index < -0.39 is 5.41 Å². The maximum absolute atomic E-state index is 12.8. The van der Waals surface area contributed by atoms with Gasteiger partial charge in [0, 0.05) is 23.0 Å². The minimum atomic E-state index is -0.860. The van der Waals surface area contributed by atoms with Gasteiger partial charge in [-0.1, -0.05) is 45.7 Å². The van der Waals surface area contributed by atoms with Crippen molar-refractivity contribution in [1.82, 2.24) is 15.3 Å². The number of imidazole rings is 1. The van der Waals surface area contributed by atoms with Crippen molar-refractivity contribution in [1.29, 1.82) is 5.26 Å². The lowest BCUT2D eigenvalue weighted by Gasteiger charge is -2.11. The van der Waals surface area contributed by atoms with Crippen LogP contribution in [0.15, 0.2) is 65.1 Å². The molecule has 37 heavy (non-hydrogen) atoms. The predicted octanol–water partition coefficient (Wildman–Crippen LogP) is 6.46. The number of aromatic nitrogens is 2. The number of rotatable bonds is 9. The highest BCUT2D eigenvalue weighted by molar-refractivity contribution is 9.10. The number of nitrogens with one attached hydrogen (secondary N) is 3. The van der Waals surface area contributed by atoms with Gasteiger partial charge in [0.1, 0.15) is 5.41 Å². The Balaban J connectivity index is 1.25. The normalized spacial score (nSPS) is 13.6. The molecule has 9 heteroatoms.